The Hall–Kier alpha value is -0.810. The summed E-state index contributed by atoms with van der Waals surface area (Å²) in [6.45, 7) is 8.67. The van der Waals surface area contributed by atoms with E-state index in [4.69, 9.17) is 28.9 Å². The molecule has 1 aromatic rings. The Labute approximate surface area is 136 Å². The molecule has 0 atom stereocenters. The van der Waals surface area contributed by atoms with E-state index < -0.39 is 0 Å². The Morgan fingerprint density at radius 1 is 1.33 bits per heavy atom. The normalized spacial score (nSPS) is 11.8. The lowest BCUT2D eigenvalue weighted by molar-refractivity contribution is -0.117. The summed E-state index contributed by atoms with van der Waals surface area (Å²) in [5.74, 6) is -0.0805. The van der Waals surface area contributed by atoms with E-state index in [1.807, 2.05) is 6.92 Å². The zero-order valence-corrected chi connectivity index (χ0v) is 14.3. The zero-order valence-electron chi connectivity index (χ0n) is 12.7. The molecule has 21 heavy (non-hydrogen) atoms. The van der Waals surface area contributed by atoms with Crippen LogP contribution in [0.25, 0.3) is 0 Å². The van der Waals surface area contributed by atoms with E-state index in [2.05, 4.69) is 24.1 Å². The Morgan fingerprint density at radius 3 is 2.52 bits per heavy atom. The lowest BCUT2D eigenvalue weighted by Crippen LogP contribution is -2.42. The summed E-state index contributed by atoms with van der Waals surface area (Å²) in [5, 5.41) is 3.71. The number of carbonyl (C=O) groups is 1. The van der Waals surface area contributed by atoms with Crippen molar-refractivity contribution in [3.63, 3.8) is 0 Å². The van der Waals surface area contributed by atoms with Gasteiger partial charge in [-0.3, -0.25) is 9.69 Å². The first kappa shape index (κ1) is 18.2. The SMILES string of the molecule is CCN(CC(=O)Nc1ccc(Cl)c(Cl)c1)CC(C)(C)CN. The maximum absolute atomic E-state index is 12.1. The molecule has 1 aromatic carbocycles. The van der Waals surface area contributed by atoms with E-state index in [9.17, 15) is 4.79 Å². The van der Waals surface area contributed by atoms with Gasteiger partial charge in [0, 0.05) is 12.2 Å². The monoisotopic (exact) mass is 331 g/mol. The van der Waals surface area contributed by atoms with Crippen LogP contribution < -0.4 is 11.1 Å². The van der Waals surface area contributed by atoms with Gasteiger partial charge in [0.05, 0.1) is 16.6 Å². The number of nitrogens with two attached hydrogens (primary N) is 1. The van der Waals surface area contributed by atoms with E-state index in [0.717, 1.165) is 13.1 Å². The molecule has 118 valence electrons. The van der Waals surface area contributed by atoms with Crippen LogP contribution in [-0.2, 0) is 4.79 Å². The van der Waals surface area contributed by atoms with E-state index in [1.165, 1.54) is 0 Å². The van der Waals surface area contributed by atoms with Crippen LogP contribution >= 0.6 is 23.2 Å². The minimum atomic E-state index is -0.0805. The largest absolute Gasteiger partial charge is 0.330 e. The molecule has 0 saturated heterocycles. The fourth-order valence-corrected chi connectivity index (χ4v) is 2.22. The molecular formula is C15H23Cl2N3O. The smallest absolute Gasteiger partial charge is 0.238 e. The van der Waals surface area contributed by atoms with Gasteiger partial charge in [0.15, 0.2) is 0 Å². The zero-order chi connectivity index (χ0) is 16.0. The summed E-state index contributed by atoms with van der Waals surface area (Å²) >= 11 is 11.8. The molecule has 4 nitrogen and oxygen atoms in total. The molecule has 0 aliphatic carbocycles. The summed E-state index contributed by atoms with van der Waals surface area (Å²) in [7, 11) is 0. The fourth-order valence-electron chi connectivity index (χ4n) is 1.93. The number of amides is 1. The number of benzene rings is 1. The van der Waals surface area contributed by atoms with Crippen LogP contribution in [0.5, 0.6) is 0 Å². The first-order valence-corrected chi connectivity index (χ1v) is 7.70. The van der Waals surface area contributed by atoms with E-state index in [-0.39, 0.29) is 11.3 Å². The number of anilines is 1. The van der Waals surface area contributed by atoms with Crippen LogP contribution in [0.2, 0.25) is 10.0 Å². The van der Waals surface area contributed by atoms with Crippen molar-refractivity contribution >= 4 is 34.8 Å². The molecule has 0 bridgehead atoms. The lowest BCUT2D eigenvalue weighted by Gasteiger charge is -2.30. The molecule has 3 N–H and O–H groups in total. The molecule has 0 heterocycles. The topological polar surface area (TPSA) is 58.4 Å². The first-order chi connectivity index (χ1) is 9.77. The van der Waals surface area contributed by atoms with Crippen LogP contribution in [0.1, 0.15) is 20.8 Å². The second kappa shape index (κ2) is 7.99. The number of nitrogens with zero attached hydrogens (tertiary/aromatic N) is 1. The molecule has 0 aliphatic rings. The molecule has 0 unspecified atom stereocenters. The number of rotatable bonds is 7. The Bertz CT molecular complexity index is 492. The minimum Gasteiger partial charge on any atom is -0.330 e. The lowest BCUT2D eigenvalue weighted by atomic mass is 9.93. The van der Waals surface area contributed by atoms with Gasteiger partial charge in [-0.05, 0) is 36.7 Å². The van der Waals surface area contributed by atoms with Gasteiger partial charge in [0.2, 0.25) is 5.91 Å². The second-order valence-electron chi connectivity index (χ2n) is 5.85. The first-order valence-electron chi connectivity index (χ1n) is 6.94. The number of hydrogen-bond donors (Lipinski definition) is 2. The Balaban J connectivity index is 2.60. The van der Waals surface area contributed by atoms with Gasteiger partial charge in [-0.25, -0.2) is 0 Å². The molecule has 0 saturated carbocycles. The van der Waals surface area contributed by atoms with Crippen LogP contribution in [0.15, 0.2) is 18.2 Å². The van der Waals surface area contributed by atoms with Crippen molar-refractivity contribution in [2.45, 2.75) is 20.8 Å². The van der Waals surface area contributed by atoms with Gasteiger partial charge in [-0.15, -0.1) is 0 Å². The summed E-state index contributed by atoms with van der Waals surface area (Å²) < 4.78 is 0. The van der Waals surface area contributed by atoms with E-state index >= 15 is 0 Å². The van der Waals surface area contributed by atoms with Crippen LogP contribution in [-0.4, -0.2) is 37.0 Å². The van der Waals surface area contributed by atoms with Crippen molar-refractivity contribution in [3.8, 4) is 0 Å². The maximum Gasteiger partial charge on any atom is 0.238 e. The third kappa shape index (κ3) is 6.22. The third-order valence-electron chi connectivity index (χ3n) is 3.22. The molecule has 0 aromatic heterocycles. The standard InChI is InChI=1S/C15H23Cl2N3O/c1-4-20(10-15(2,3)9-18)8-14(21)19-11-5-6-12(16)13(17)7-11/h5-7H,4,8-10,18H2,1-3H3,(H,19,21). The molecule has 1 amide bonds. The quantitative estimate of drug-likeness (QED) is 0.806. The molecule has 0 fully saturated rings. The highest BCUT2D eigenvalue weighted by Crippen LogP contribution is 2.25. The average molecular weight is 332 g/mol. The Kier molecular flexibility index (Phi) is 6.94. The van der Waals surface area contributed by atoms with Crippen molar-refractivity contribution in [1.29, 1.82) is 0 Å². The highest BCUT2D eigenvalue weighted by molar-refractivity contribution is 6.42. The fraction of sp³-hybridized carbons (Fsp3) is 0.533. The number of nitrogens with one attached hydrogen (secondary N) is 1. The van der Waals surface area contributed by atoms with Crippen molar-refractivity contribution in [2.24, 2.45) is 11.1 Å². The van der Waals surface area contributed by atoms with Crippen molar-refractivity contribution < 1.29 is 4.79 Å². The predicted octanol–water partition coefficient (Wildman–Crippen LogP) is 3.24. The summed E-state index contributed by atoms with van der Waals surface area (Å²) in [6, 6.07) is 5.03. The molecule has 0 radical (unpaired) electrons. The molecular weight excluding hydrogens is 309 g/mol. The summed E-state index contributed by atoms with van der Waals surface area (Å²) in [4.78, 5) is 14.2. The van der Waals surface area contributed by atoms with Crippen LogP contribution in [0, 0.1) is 5.41 Å². The van der Waals surface area contributed by atoms with Crippen molar-refractivity contribution in [2.75, 3.05) is 31.5 Å². The number of hydrogen-bond acceptors (Lipinski definition) is 3. The van der Waals surface area contributed by atoms with Gasteiger partial charge in [0.25, 0.3) is 0 Å². The summed E-state index contributed by atoms with van der Waals surface area (Å²) in [5.41, 5.74) is 6.37. The predicted molar refractivity (Wildman–Crippen MR) is 90.0 cm³/mol. The van der Waals surface area contributed by atoms with Gasteiger partial charge >= 0.3 is 0 Å². The van der Waals surface area contributed by atoms with E-state index in [1.54, 1.807) is 18.2 Å². The number of carbonyl (C=O) groups excluding carboxylic acids is 1. The third-order valence-corrected chi connectivity index (χ3v) is 3.96. The minimum absolute atomic E-state index is 0.0140. The number of likely N-dealkylation sites (N-methyl/N-ethyl adjacent to an activating group) is 1. The van der Waals surface area contributed by atoms with E-state index in [0.29, 0.717) is 28.8 Å². The highest BCUT2D eigenvalue weighted by Gasteiger charge is 2.20. The van der Waals surface area contributed by atoms with Crippen LogP contribution in [0.4, 0.5) is 5.69 Å². The maximum atomic E-state index is 12.1. The molecule has 0 spiro atoms. The molecule has 6 heteroatoms. The van der Waals surface area contributed by atoms with Gasteiger partial charge in [-0.2, -0.15) is 0 Å². The highest BCUT2D eigenvalue weighted by atomic mass is 35.5. The molecule has 0 aliphatic heterocycles. The molecule has 1 rings (SSSR count). The van der Waals surface area contributed by atoms with Crippen LogP contribution in [0.3, 0.4) is 0 Å². The van der Waals surface area contributed by atoms with Crippen molar-refractivity contribution in [3.05, 3.63) is 28.2 Å². The average Bonchev–Trinajstić information content (AvgIpc) is 2.42. The number of halogens is 2. The second-order valence-corrected chi connectivity index (χ2v) is 6.66. The van der Waals surface area contributed by atoms with Gasteiger partial charge in [-0.1, -0.05) is 44.0 Å². The van der Waals surface area contributed by atoms with Gasteiger partial charge < -0.3 is 11.1 Å². The summed E-state index contributed by atoms with van der Waals surface area (Å²) in [6.07, 6.45) is 0. The van der Waals surface area contributed by atoms with Gasteiger partial charge in [0.1, 0.15) is 0 Å². The van der Waals surface area contributed by atoms with Crippen molar-refractivity contribution in [1.82, 2.24) is 4.90 Å². The Morgan fingerprint density at radius 2 is 2.00 bits per heavy atom.